The molecule has 4 aromatic rings. The summed E-state index contributed by atoms with van der Waals surface area (Å²) >= 11 is 0. The summed E-state index contributed by atoms with van der Waals surface area (Å²) in [6.07, 6.45) is -11.6. The van der Waals surface area contributed by atoms with E-state index in [0.717, 1.165) is 11.1 Å². The predicted molar refractivity (Wildman–Crippen MR) is 142 cm³/mol. The third kappa shape index (κ3) is 5.76. The van der Waals surface area contributed by atoms with Crippen LogP contribution in [0.25, 0.3) is 11.1 Å². The average molecular weight is 583 g/mol. The van der Waals surface area contributed by atoms with Crippen molar-refractivity contribution in [1.29, 1.82) is 0 Å². The molecule has 0 amide bonds. The van der Waals surface area contributed by atoms with Crippen LogP contribution in [0.1, 0.15) is 11.1 Å². The summed E-state index contributed by atoms with van der Waals surface area (Å²) in [5.74, 6) is -1.22. The zero-order chi connectivity index (χ0) is 30.9. The SMILES string of the molecule is Nc1cc(-c2ccc(O)c(N)c2)ccc1O.Nc1cc(C(c2ccc(O)c(N)c2)(C(F)(F)F)C(F)(F)F)ccc1O. The molecule has 0 heterocycles. The lowest BCUT2D eigenvalue weighted by molar-refractivity contribution is -0.288. The van der Waals surface area contributed by atoms with Crippen LogP contribution in [0.5, 0.6) is 23.0 Å². The first-order valence-corrected chi connectivity index (χ1v) is 11.4. The molecular weight excluding hydrogens is 558 g/mol. The van der Waals surface area contributed by atoms with Gasteiger partial charge in [-0.25, -0.2) is 0 Å². The molecule has 0 aliphatic heterocycles. The Morgan fingerprint density at radius 2 is 0.683 bits per heavy atom. The molecule has 12 N–H and O–H groups in total. The van der Waals surface area contributed by atoms with Gasteiger partial charge in [-0.05, 0) is 70.8 Å². The summed E-state index contributed by atoms with van der Waals surface area (Å²) < 4.78 is 82.7. The highest BCUT2D eigenvalue weighted by Crippen LogP contribution is 2.57. The Morgan fingerprint density at radius 3 is 0.927 bits per heavy atom. The van der Waals surface area contributed by atoms with E-state index in [2.05, 4.69) is 0 Å². The summed E-state index contributed by atoms with van der Waals surface area (Å²) in [5, 5.41) is 37.3. The fraction of sp³-hybridized carbons (Fsp3) is 0.111. The second kappa shape index (κ2) is 10.8. The van der Waals surface area contributed by atoms with Crippen molar-refractivity contribution in [3.63, 3.8) is 0 Å². The van der Waals surface area contributed by atoms with Crippen LogP contribution in [0, 0.1) is 0 Å². The smallest absolute Gasteiger partial charge is 0.411 e. The summed E-state index contributed by atoms with van der Waals surface area (Å²) in [6, 6.07) is 12.9. The molecule has 0 aliphatic carbocycles. The number of nitrogens with two attached hydrogens (primary N) is 4. The van der Waals surface area contributed by atoms with Crippen LogP contribution in [0.4, 0.5) is 49.1 Å². The fourth-order valence-electron chi connectivity index (χ4n) is 4.03. The second-order valence-electron chi connectivity index (χ2n) is 8.84. The van der Waals surface area contributed by atoms with Crippen molar-refractivity contribution in [3.8, 4) is 34.1 Å². The molecule has 0 saturated carbocycles. The number of halogens is 6. The van der Waals surface area contributed by atoms with E-state index in [0.29, 0.717) is 47.8 Å². The number of benzene rings is 4. The van der Waals surface area contributed by atoms with Gasteiger partial charge in [0.2, 0.25) is 5.41 Å². The largest absolute Gasteiger partial charge is 0.506 e. The van der Waals surface area contributed by atoms with E-state index in [9.17, 15) is 46.8 Å². The molecule has 4 aromatic carbocycles. The van der Waals surface area contributed by atoms with Crippen molar-refractivity contribution in [3.05, 3.63) is 83.9 Å². The molecule has 0 radical (unpaired) electrons. The zero-order valence-corrected chi connectivity index (χ0v) is 20.8. The van der Waals surface area contributed by atoms with Crippen LogP contribution >= 0.6 is 0 Å². The predicted octanol–water partition coefficient (Wildman–Crippen LogP) is 5.60. The molecule has 0 spiro atoms. The summed E-state index contributed by atoms with van der Waals surface area (Å²) in [5.41, 5.74) is 15.8. The molecule has 0 bridgehead atoms. The Bertz CT molecular complexity index is 1460. The lowest BCUT2D eigenvalue weighted by Gasteiger charge is -2.38. The van der Waals surface area contributed by atoms with E-state index < -0.39 is 51.8 Å². The van der Waals surface area contributed by atoms with Crippen LogP contribution < -0.4 is 22.9 Å². The van der Waals surface area contributed by atoms with Gasteiger partial charge in [0.05, 0.1) is 22.7 Å². The number of anilines is 4. The standard InChI is InChI=1S/C15H12F6N2O2.C12H12N2O2/c16-14(17,18)13(15(19,20)21,7-1-3-11(24)9(22)5-7)8-2-4-12(25)10(23)6-8;13-9-5-7(1-3-11(9)15)8-2-4-12(16)10(14)6-8/h1-6,24-25H,22-23H2;1-6,15-16H,13-14H2. The van der Waals surface area contributed by atoms with Gasteiger partial charge in [-0.1, -0.05) is 24.3 Å². The van der Waals surface area contributed by atoms with Crippen LogP contribution in [0.3, 0.4) is 0 Å². The molecule has 218 valence electrons. The van der Waals surface area contributed by atoms with Crippen LogP contribution in [0.15, 0.2) is 72.8 Å². The minimum atomic E-state index is -5.82. The molecular formula is C27H24F6N4O4. The number of hydrogen-bond acceptors (Lipinski definition) is 8. The molecule has 0 aliphatic rings. The first-order valence-electron chi connectivity index (χ1n) is 11.4. The quantitative estimate of drug-likeness (QED) is 0.0871. The van der Waals surface area contributed by atoms with Crippen molar-refractivity contribution >= 4 is 22.7 Å². The van der Waals surface area contributed by atoms with Crippen molar-refractivity contribution in [2.24, 2.45) is 0 Å². The lowest BCUT2D eigenvalue weighted by atomic mass is 9.72. The van der Waals surface area contributed by atoms with Crippen molar-refractivity contribution in [2.75, 3.05) is 22.9 Å². The van der Waals surface area contributed by atoms with Gasteiger partial charge in [0.25, 0.3) is 0 Å². The third-order valence-corrected chi connectivity index (χ3v) is 6.16. The van der Waals surface area contributed by atoms with Gasteiger partial charge in [-0.15, -0.1) is 0 Å². The maximum absolute atomic E-state index is 13.8. The number of phenolic OH excluding ortho intramolecular Hbond substituents is 4. The van der Waals surface area contributed by atoms with Gasteiger partial charge < -0.3 is 43.4 Å². The molecule has 0 aromatic heterocycles. The maximum Gasteiger partial charge on any atom is 0.411 e. The van der Waals surface area contributed by atoms with Crippen molar-refractivity contribution in [2.45, 2.75) is 17.8 Å². The molecule has 4 rings (SSSR count). The van der Waals surface area contributed by atoms with E-state index in [1.54, 1.807) is 24.3 Å². The van der Waals surface area contributed by atoms with E-state index in [4.69, 9.17) is 22.9 Å². The molecule has 0 saturated heterocycles. The first kappa shape index (κ1) is 30.4. The lowest BCUT2D eigenvalue weighted by Crippen LogP contribution is -2.54. The summed E-state index contributed by atoms with van der Waals surface area (Å²) in [4.78, 5) is 0. The van der Waals surface area contributed by atoms with E-state index in [-0.39, 0.29) is 11.5 Å². The van der Waals surface area contributed by atoms with Gasteiger partial charge in [0, 0.05) is 0 Å². The zero-order valence-electron chi connectivity index (χ0n) is 20.8. The van der Waals surface area contributed by atoms with E-state index >= 15 is 0 Å². The number of phenols is 4. The fourth-order valence-corrected chi connectivity index (χ4v) is 4.03. The van der Waals surface area contributed by atoms with Gasteiger partial charge in [-0.3, -0.25) is 0 Å². The number of rotatable bonds is 3. The first-order chi connectivity index (χ1) is 18.9. The molecule has 14 heteroatoms. The van der Waals surface area contributed by atoms with Crippen LogP contribution in [-0.2, 0) is 5.41 Å². The van der Waals surface area contributed by atoms with Crippen molar-refractivity contribution in [1.82, 2.24) is 0 Å². The third-order valence-electron chi connectivity index (χ3n) is 6.16. The average Bonchev–Trinajstić information content (AvgIpc) is 2.86. The van der Waals surface area contributed by atoms with Gasteiger partial charge in [0.15, 0.2) is 0 Å². The van der Waals surface area contributed by atoms with E-state index in [1.807, 2.05) is 0 Å². The highest BCUT2D eigenvalue weighted by molar-refractivity contribution is 5.74. The van der Waals surface area contributed by atoms with Gasteiger partial charge in [0.1, 0.15) is 23.0 Å². The molecule has 0 atom stereocenters. The number of aromatic hydroxyl groups is 4. The number of hydrogen-bond donors (Lipinski definition) is 8. The van der Waals surface area contributed by atoms with Gasteiger partial charge in [-0.2, -0.15) is 26.3 Å². The molecule has 41 heavy (non-hydrogen) atoms. The second-order valence-corrected chi connectivity index (χ2v) is 8.84. The monoisotopic (exact) mass is 582 g/mol. The van der Waals surface area contributed by atoms with Gasteiger partial charge >= 0.3 is 12.4 Å². The minimum Gasteiger partial charge on any atom is -0.506 e. The highest BCUT2D eigenvalue weighted by atomic mass is 19.4. The maximum atomic E-state index is 13.8. The summed E-state index contributed by atoms with van der Waals surface area (Å²) in [7, 11) is 0. The Hall–Kier alpha value is -5.14. The number of nitrogen functional groups attached to an aromatic ring is 4. The minimum absolute atomic E-state index is 0.0514. The van der Waals surface area contributed by atoms with Crippen LogP contribution in [-0.4, -0.2) is 32.8 Å². The Balaban J connectivity index is 0.000000248. The Kier molecular flexibility index (Phi) is 8.00. The molecule has 0 unspecified atom stereocenters. The summed E-state index contributed by atoms with van der Waals surface area (Å²) in [6.45, 7) is 0. The van der Waals surface area contributed by atoms with Crippen molar-refractivity contribution < 1.29 is 46.8 Å². The number of alkyl halides is 6. The van der Waals surface area contributed by atoms with Crippen LogP contribution in [0.2, 0.25) is 0 Å². The molecule has 8 nitrogen and oxygen atoms in total. The Morgan fingerprint density at radius 1 is 0.415 bits per heavy atom. The van der Waals surface area contributed by atoms with E-state index in [1.165, 1.54) is 12.1 Å². The Labute approximate surface area is 228 Å². The normalized spacial score (nSPS) is 12.0. The highest BCUT2D eigenvalue weighted by Gasteiger charge is 2.72. The topological polar surface area (TPSA) is 185 Å². The molecule has 0 fully saturated rings.